The van der Waals surface area contributed by atoms with E-state index < -0.39 is 5.91 Å². The van der Waals surface area contributed by atoms with Crippen molar-refractivity contribution in [3.8, 4) is 0 Å². The second kappa shape index (κ2) is 6.61. The van der Waals surface area contributed by atoms with Gasteiger partial charge in [0.2, 0.25) is 5.43 Å². The summed E-state index contributed by atoms with van der Waals surface area (Å²) in [7, 11) is 0. The maximum atomic E-state index is 12.3. The molecule has 3 rings (SSSR count). The van der Waals surface area contributed by atoms with Crippen LogP contribution in [0, 0.1) is 0 Å². The molecule has 2 aromatic heterocycles. The van der Waals surface area contributed by atoms with Crippen molar-refractivity contribution >= 4 is 16.8 Å². The van der Waals surface area contributed by atoms with Crippen molar-refractivity contribution in [1.29, 1.82) is 0 Å². The third-order valence-electron chi connectivity index (χ3n) is 3.73. The van der Waals surface area contributed by atoms with E-state index in [0.717, 1.165) is 5.82 Å². The Balaban J connectivity index is 1.70. The number of fused-ring (bicyclic) bond motifs is 1. The average Bonchev–Trinajstić information content (AvgIpc) is 3.04. The molecule has 0 fully saturated rings. The Kier molecular flexibility index (Phi) is 4.37. The van der Waals surface area contributed by atoms with E-state index in [1.54, 1.807) is 30.6 Å². The van der Waals surface area contributed by atoms with Gasteiger partial charge in [-0.05, 0) is 26.0 Å². The second-order valence-electron chi connectivity index (χ2n) is 5.70. The quantitative estimate of drug-likeness (QED) is 0.729. The second-order valence-corrected chi connectivity index (χ2v) is 5.70. The summed E-state index contributed by atoms with van der Waals surface area (Å²) in [5.74, 6) is 0.281. The number of hydrogen-bond acceptors (Lipinski definition) is 5. The summed E-state index contributed by atoms with van der Waals surface area (Å²) < 4.78 is 1.94. The van der Waals surface area contributed by atoms with Crippen LogP contribution >= 0.6 is 0 Å². The van der Waals surface area contributed by atoms with Crippen LogP contribution < -0.4 is 10.7 Å². The van der Waals surface area contributed by atoms with E-state index in [1.807, 2.05) is 18.4 Å². The van der Waals surface area contributed by atoms with Gasteiger partial charge < -0.3 is 9.88 Å². The van der Waals surface area contributed by atoms with Gasteiger partial charge >= 0.3 is 0 Å². The molecule has 1 amide bonds. The minimum absolute atomic E-state index is 0.140. The Labute approximate surface area is 137 Å². The number of amides is 1. The highest BCUT2D eigenvalue weighted by Gasteiger charge is 2.15. The van der Waals surface area contributed by atoms with Gasteiger partial charge in [0, 0.05) is 24.4 Å². The van der Waals surface area contributed by atoms with Gasteiger partial charge in [0.1, 0.15) is 12.2 Å². The van der Waals surface area contributed by atoms with Crippen LogP contribution in [-0.2, 0) is 6.42 Å². The van der Waals surface area contributed by atoms with E-state index in [-0.39, 0.29) is 17.2 Å². The molecule has 0 bridgehead atoms. The van der Waals surface area contributed by atoms with Crippen LogP contribution in [0.2, 0.25) is 0 Å². The Morgan fingerprint density at radius 3 is 2.92 bits per heavy atom. The third kappa shape index (κ3) is 3.03. The van der Waals surface area contributed by atoms with E-state index in [4.69, 9.17) is 0 Å². The molecule has 1 aromatic carbocycles. The molecule has 0 saturated heterocycles. The summed E-state index contributed by atoms with van der Waals surface area (Å²) in [6.07, 6.45) is 2.19. The van der Waals surface area contributed by atoms with Crippen molar-refractivity contribution in [2.24, 2.45) is 0 Å². The molecular weight excluding hydrogens is 308 g/mol. The molecule has 0 aliphatic heterocycles. The van der Waals surface area contributed by atoms with Gasteiger partial charge in [-0.15, -0.1) is 10.2 Å². The molecule has 2 N–H and O–H groups in total. The van der Waals surface area contributed by atoms with Crippen LogP contribution in [0.3, 0.4) is 0 Å². The zero-order valence-corrected chi connectivity index (χ0v) is 13.5. The standard InChI is InChI=1S/C16H18N6O2/c1-10(2)22-9-18-20-13(22)7-8-17-16(24)14-15(23)11-5-3-4-6-12(11)19-21-14/h3-6,9-10H,7-8H2,1-2H3,(H,17,24)(H,19,23). The number of H-pyrrole nitrogens is 1. The van der Waals surface area contributed by atoms with Crippen LogP contribution in [0.25, 0.3) is 10.9 Å². The van der Waals surface area contributed by atoms with Crippen LogP contribution in [-0.4, -0.2) is 37.4 Å². The highest BCUT2D eigenvalue weighted by molar-refractivity contribution is 5.95. The van der Waals surface area contributed by atoms with Crippen LogP contribution in [0.4, 0.5) is 0 Å². The number of benzene rings is 1. The third-order valence-corrected chi connectivity index (χ3v) is 3.73. The largest absolute Gasteiger partial charge is 0.350 e. The predicted molar refractivity (Wildman–Crippen MR) is 88.8 cm³/mol. The van der Waals surface area contributed by atoms with Gasteiger partial charge in [-0.2, -0.15) is 5.10 Å². The zero-order chi connectivity index (χ0) is 17.1. The number of carbonyl (C=O) groups excluding carboxylic acids is 1. The van der Waals surface area contributed by atoms with Crippen molar-refractivity contribution in [2.45, 2.75) is 26.3 Å². The first-order chi connectivity index (χ1) is 11.6. The van der Waals surface area contributed by atoms with E-state index in [1.165, 1.54) is 0 Å². The van der Waals surface area contributed by atoms with Crippen molar-refractivity contribution < 1.29 is 4.79 Å². The summed E-state index contributed by atoms with van der Waals surface area (Å²) in [5, 5.41) is 17.7. The molecule has 3 aromatic rings. The molecule has 8 heteroatoms. The van der Waals surface area contributed by atoms with E-state index in [9.17, 15) is 9.59 Å². The molecule has 0 radical (unpaired) electrons. The summed E-state index contributed by atoms with van der Waals surface area (Å²) in [4.78, 5) is 24.6. The summed E-state index contributed by atoms with van der Waals surface area (Å²) >= 11 is 0. The number of rotatable bonds is 5. The minimum atomic E-state index is -0.502. The fourth-order valence-electron chi connectivity index (χ4n) is 2.48. The Morgan fingerprint density at radius 1 is 1.33 bits per heavy atom. The normalized spacial score (nSPS) is 11.1. The topological polar surface area (TPSA) is 106 Å². The molecule has 24 heavy (non-hydrogen) atoms. The summed E-state index contributed by atoms with van der Waals surface area (Å²) in [6, 6.07) is 7.19. The van der Waals surface area contributed by atoms with Crippen molar-refractivity contribution in [1.82, 2.24) is 30.3 Å². The number of hydrogen-bond donors (Lipinski definition) is 2. The number of aromatic nitrogens is 5. The minimum Gasteiger partial charge on any atom is -0.350 e. The number of carbonyl (C=O) groups is 1. The average molecular weight is 326 g/mol. The van der Waals surface area contributed by atoms with Gasteiger partial charge in [0.15, 0.2) is 5.69 Å². The lowest BCUT2D eigenvalue weighted by molar-refractivity contribution is 0.0947. The molecule has 0 unspecified atom stereocenters. The molecule has 124 valence electrons. The lowest BCUT2D eigenvalue weighted by Crippen LogP contribution is -2.32. The van der Waals surface area contributed by atoms with Crippen molar-refractivity contribution in [3.05, 3.63) is 52.3 Å². The number of nitrogens with zero attached hydrogens (tertiary/aromatic N) is 4. The van der Waals surface area contributed by atoms with E-state index in [0.29, 0.717) is 23.9 Å². The van der Waals surface area contributed by atoms with E-state index >= 15 is 0 Å². The molecule has 0 spiro atoms. The highest BCUT2D eigenvalue weighted by Crippen LogP contribution is 2.07. The monoisotopic (exact) mass is 326 g/mol. The Bertz CT molecular complexity index is 927. The zero-order valence-electron chi connectivity index (χ0n) is 13.5. The molecular formula is C16H18N6O2. The molecule has 0 aliphatic carbocycles. The fraction of sp³-hybridized carbons (Fsp3) is 0.312. The van der Waals surface area contributed by atoms with Gasteiger partial charge in [-0.25, -0.2) is 0 Å². The summed E-state index contributed by atoms with van der Waals surface area (Å²) in [5.41, 5.74) is 0.0790. The molecule has 2 heterocycles. The van der Waals surface area contributed by atoms with Gasteiger partial charge in [0.05, 0.1) is 5.52 Å². The number of aromatic amines is 1. The number of para-hydroxylation sites is 1. The first-order valence-electron chi connectivity index (χ1n) is 7.72. The highest BCUT2D eigenvalue weighted by atomic mass is 16.2. The lowest BCUT2D eigenvalue weighted by Gasteiger charge is -2.10. The Morgan fingerprint density at radius 2 is 2.12 bits per heavy atom. The molecule has 0 saturated carbocycles. The SMILES string of the molecule is CC(C)n1cnnc1CCNC(=O)c1n[nH]c2ccccc2c1=O. The first kappa shape index (κ1) is 15.9. The lowest BCUT2D eigenvalue weighted by atomic mass is 10.2. The smallest absolute Gasteiger partial charge is 0.275 e. The number of nitrogens with one attached hydrogen (secondary N) is 2. The predicted octanol–water partition coefficient (Wildman–Crippen LogP) is 1.07. The van der Waals surface area contributed by atoms with E-state index in [2.05, 4.69) is 25.7 Å². The van der Waals surface area contributed by atoms with Gasteiger partial charge in [-0.1, -0.05) is 12.1 Å². The van der Waals surface area contributed by atoms with Crippen LogP contribution in [0.1, 0.15) is 36.2 Å². The first-order valence-corrected chi connectivity index (χ1v) is 7.72. The van der Waals surface area contributed by atoms with Crippen LogP contribution in [0.5, 0.6) is 0 Å². The van der Waals surface area contributed by atoms with Gasteiger partial charge in [0.25, 0.3) is 5.91 Å². The molecule has 8 nitrogen and oxygen atoms in total. The van der Waals surface area contributed by atoms with Crippen molar-refractivity contribution in [3.63, 3.8) is 0 Å². The van der Waals surface area contributed by atoms with Gasteiger partial charge in [-0.3, -0.25) is 14.7 Å². The Hall–Kier alpha value is -3.03. The molecule has 0 aliphatic rings. The van der Waals surface area contributed by atoms with Crippen LogP contribution in [0.15, 0.2) is 35.4 Å². The maximum absolute atomic E-state index is 12.3. The fourth-order valence-corrected chi connectivity index (χ4v) is 2.48. The van der Waals surface area contributed by atoms with Crippen molar-refractivity contribution in [2.75, 3.05) is 6.54 Å². The molecule has 0 atom stereocenters. The maximum Gasteiger partial charge on any atom is 0.275 e. The summed E-state index contributed by atoms with van der Waals surface area (Å²) in [6.45, 7) is 4.41.